The summed E-state index contributed by atoms with van der Waals surface area (Å²) in [6.07, 6.45) is 1.21. The van der Waals surface area contributed by atoms with Gasteiger partial charge in [0.2, 0.25) is 0 Å². The lowest BCUT2D eigenvalue weighted by atomic mass is 10.0. The highest BCUT2D eigenvalue weighted by molar-refractivity contribution is 5.91. The maximum absolute atomic E-state index is 13.0. The molecule has 4 rings (SSSR count). The van der Waals surface area contributed by atoms with E-state index in [1.54, 1.807) is 17.0 Å². The van der Waals surface area contributed by atoms with Crippen LogP contribution in [0.1, 0.15) is 27.2 Å². The number of nitrogens with one attached hydrogen (secondary N) is 1. The Labute approximate surface area is 168 Å². The van der Waals surface area contributed by atoms with Crippen LogP contribution in [0.15, 0.2) is 45.8 Å². The summed E-state index contributed by atoms with van der Waals surface area (Å²) >= 11 is 0. The van der Waals surface area contributed by atoms with Crippen LogP contribution in [0, 0.1) is 13.8 Å². The Morgan fingerprint density at radius 2 is 2.10 bits per heavy atom. The van der Waals surface area contributed by atoms with Gasteiger partial charge >= 0.3 is 0 Å². The molecule has 1 aliphatic heterocycles. The Balaban J connectivity index is 1.66. The minimum absolute atomic E-state index is 0.150. The van der Waals surface area contributed by atoms with Gasteiger partial charge in [0.1, 0.15) is 0 Å². The first kappa shape index (κ1) is 19.4. The fourth-order valence-corrected chi connectivity index (χ4v) is 3.72. The van der Waals surface area contributed by atoms with E-state index in [9.17, 15) is 9.59 Å². The second kappa shape index (κ2) is 8.23. The number of aromatic nitrogens is 1. The second-order valence-electron chi connectivity index (χ2n) is 7.40. The number of H-pyrrole nitrogens is 1. The number of carbonyl (C=O) groups is 1. The largest absolute Gasteiger partial charge is 0.459 e. The highest BCUT2D eigenvalue weighted by Crippen LogP contribution is 2.19. The molecule has 1 aliphatic rings. The van der Waals surface area contributed by atoms with Crippen molar-refractivity contribution < 1.29 is 18.7 Å². The number of aromatic amines is 1. The van der Waals surface area contributed by atoms with E-state index in [1.807, 2.05) is 32.0 Å². The molecule has 1 amide bonds. The molecule has 0 spiro atoms. The van der Waals surface area contributed by atoms with Crippen LogP contribution in [0.4, 0.5) is 0 Å². The van der Waals surface area contributed by atoms with E-state index in [1.165, 1.54) is 6.26 Å². The fraction of sp³-hybridized carbons (Fsp3) is 0.364. The van der Waals surface area contributed by atoms with Gasteiger partial charge in [-0.3, -0.25) is 9.59 Å². The van der Waals surface area contributed by atoms with Gasteiger partial charge in [0.05, 0.1) is 44.2 Å². The number of aryl methyl sites for hydroxylation is 2. The molecule has 1 aromatic carbocycles. The predicted octanol–water partition coefficient (Wildman–Crippen LogP) is 2.80. The Bertz CT molecular complexity index is 1060. The molecule has 1 fully saturated rings. The minimum Gasteiger partial charge on any atom is -0.459 e. The smallest absolute Gasteiger partial charge is 0.289 e. The van der Waals surface area contributed by atoms with Crippen LogP contribution in [0.3, 0.4) is 0 Å². The SMILES string of the molecule is Cc1cc(C)c2[nH]c(=O)c(CN(CC3COCCO3)C(=O)c3ccco3)cc2c1. The number of hydrogen-bond acceptors (Lipinski definition) is 5. The number of pyridine rings is 1. The minimum atomic E-state index is -0.288. The highest BCUT2D eigenvalue weighted by Gasteiger charge is 2.25. The third kappa shape index (κ3) is 4.26. The van der Waals surface area contributed by atoms with E-state index in [4.69, 9.17) is 13.9 Å². The van der Waals surface area contributed by atoms with Gasteiger partial charge < -0.3 is 23.8 Å². The molecule has 0 aliphatic carbocycles. The zero-order chi connectivity index (χ0) is 20.4. The third-order valence-corrected chi connectivity index (χ3v) is 5.06. The topological polar surface area (TPSA) is 84.8 Å². The summed E-state index contributed by atoms with van der Waals surface area (Å²) < 4.78 is 16.5. The van der Waals surface area contributed by atoms with Gasteiger partial charge in [-0.1, -0.05) is 11.6 Å². The van der Waals surface area contributed by atoms with Crippen molar-refractivity contribution in [1.82, 2.24) is 9.88 Å². The number of carbonyl (C=O) groups excluding carboxylic acids is 1. The summed E-state index contributed by atoms with van der Waals surface area (Å²) in [6.45, 7) is 5.90. The molecule has 3 aromatic rings. The van der Waals surface area contributed by atoms with Crippen LogP contribution < -0.4 is 5.56 Å². The van der Waals surface area contributed by atoms with Crippen LogP contribution in [0.25, 0.3) is 10.9 Å². The molecule has 7 nitrogen and oxygen atoms in total. The average molecular weight is 396 g/mol. The van der Waals surface area contributed by atoms with Gasteiger partial charge in [-0.05, 0) is 49.1 Å². The Hall–Kier alpha value is -2.90. The lowest BCUT2D eigenvalue weighted by Gasteiger charge is -2.29. The van der Waals surface area contributed by atoms with Crippen molar-refractivity contribution in [3.63, 3.8) is 0 Å². The molecule has 0 bridgehead atoms. The van der Waals surface area contributed by atoms with Crippen LogP contribution in [0.2, 0.25) is 0 Å². The number of nitrogens with zero attached hydrogens (tertiary/aromatic N) is 1. The molecule has 1 saturated heterocycles. The molecule has 2 aromatic heterocycles. The van der Waals surface area contributed by atoms with Gasteiger partial charge in [-0.15, -0.1) is 0 Å². The number of amides is 1. The van der Waals surface area contributed by atoms with Crippen LogP contribution in [-0.2, 0) is 16.0 Å². The van der Waals surface area contributed by atoms with Gasteiger partial charge in [-0.25, -0.2) is 0 Å². The van der Waals surface area contributed by atoms with Crippen molar-refractivity contribution in [2.24, 2.45) is 0 Å². The van der Waals surface area contributed by atoms with Crippen molar-refractivity contribution >= 4 is 16.8 Å². The lowest BCUT2D eigenvalue weighted by Crippen LogP contribution is -2.43. The molecule has 152 valence electrons. The summed E-state index contributed by atoms with van der Waals surface area (Å²) in [5.41, 5.74) is 3.25. The Kier molecular flexibility index (Phi) is 5.51. The highest BCUT2D eigenvalue weighted by atomic mass is 16.6. The van der Waals surface area contributed by atoms with E-state index in [0.717, 1.165) is 22.0 Å². The summed E-state index contributed by atoms with van der Waals surface area (Å²) in [4.78, 5) is 30.3. The van der Waals surface area contributed by atoms with Gasteiger partial charge in [0.15, 0.2) is 5.76 Å². The maximum Gasteiger partial charge on any atom is 0.289 e. The molecule has 1 N–H and O–H groups in total. The second-order valence-corrected chi connectivity index (χ2v) is 7.40. The van der Waals surface area contributed by atoms with Crippen molar-refractivity contribution in [3.05, 3.63) is 69.4 Å². The molecule has 7 heteroatoms. The van der Waals surface area contributed by atoms with Crippen LogP contribution in [0.5, 0.6) is 0 Å². The number of ether oxygens (including phenoxy) is 2. The normalized spacial score (nSPS) is 16.8. The van der Waals surface area contributed by atoms with E-state index in [-0.39, 0.29) is 29.9 Å². The van der Waals surface area contributed by atoms with E-state index in [0.29, 0.717) is 31.9 Å². The number of rotatable bonds is 5. The monoisotopic (exact) mass is 396 g/mol. The Morgan fingerprint density at radius 1 is 1.24 bits per heavy atom. The van der Waals surface area contributed by atoms with E-state index in [2.05, 4.69) is 4.98 Å². The predicted molar refractivity (Wildman–Crippen MR) is 108 cm³/mol. The van der Waals surface area contributed by atoms with Crippen molar-refractivity contribution in [1.29, 1.82) is 0 Å². The first-order chi connectivity index (χ1) is 14.0. The summed E-state index contributed by atoms with van der Waals surface area (Å²) in [5, 5.41) is 0.944. The Morgan fingerprint density at radius 3 is 2.83 bits per heavy atom. The van der Waals surface area contributed by atoms with Crippen LogP contribution in [-0.4, -0.2) is 48.3 Å². The number of benzene rings is 1. The molecule has 29 heavy (non-hydrogen) atoms. The quantitative estimate of drug-likeness (QED) is 0.717. The number of furan rings is 1. The number of fused-ring (bicyclic) bond motifs is 1. The summed E-state index contributed by atoms with van der Waals surface area (Å²) in [6, 6.07) is 9.20. The zero-order valence-corrected chi connectivity index (χ0v) is 16.6. The lowest BCUT2D eigenvalue weighted by molar-refractivity contribution is -0.0954. The summed E-state index contributed by atoms with van der Waals surface area (Å²) in [5.74, 6) is -0.0604. The van der Waals surface area contributed by atoms with E-state index < -0.39 is 0 Å². The number of hydrogen-bond donors (Lipinski definition) is 1. The van der Waals surface area contributed by atoms with Gasteiger partial charge in [0.25, 0.3) is 11.5 Å². The van der Waals surface area contributed by atoms with Crippen molar-refractivity contribution in [3.8, 4) is 0 Å². The standard InChI is InChI=1S/C22H24N2O5/c1-14-8-15(2)20-16(9-14)10-17(21(25)23-20)11-24(12-18-13-27-6-7-28-18)22(26)19-4-3-5-29-19/h3-5,8-10,18H,6-7,11-13H2,1-2H3,(H,23,25). The molecule has 0 radical (unpaired) electrons. The van der Waals surface area contributed by atoms with Gasteiger partial charge in [0, 0.05) is 12.1 Å². The maximum atomic E-state index is 13.0. The average Bonchev–Trinajstić information content (AvgIpc) is 3.24. The fourth-order valence-electron chi connectivity index (χ4n) is 3.72. The van der Waals surface area contributed by atoms with Gasteiger partial charge in [-0.2, -0.15) is 0 Å². The summed E-state index contributed by atoms with van der Waals surface area (Å²) in [7, 11) is 0. The molecular formula is C22H24N2O5. The molecule has 1 atom stereocenters. The van der Waals surface area contributed by atoms with E-state index >= 15 is 0 Å². The van der Waals surface area contributed by atoms with Crippen LogP contribution >= 0.6 is 0 Å². The first-order valence-electron chi connectivity index (χ1n) is 9.66. The molecule has 3 heterocycles. The first-order valence-corrected chi connectivity index (χ1v) is 9.66. The zero-order valence-electron chi connectivity index (χ0n) is 16.6. The molecule has 1 unspecified atom stereocenters. The molecular weight excluding hydrogens is 372 g/mol. The third-order valence-electron chi connectivity index (χ3n) is 5.06. The molecule has 0 saturated carbocycles. The van der Waals surface area contributed by atoms with Crippen molar-refractivity contribution in [2.75, 3.05) is 26.4 Å². The van der Waals surface area contributed by atoms with Crippen molar-refractivity contribution in [2.45, 2.75) is 26.5 Å².